The van der Waals surface area contributed by atoms with Crippen molar-refractivity contribution >= 4 is 47.1 Å². The molecule has 0 unspecified atom stereocenters. The van der Waals surface area contributed by atoms with E-state index in [4.69, 9.17) is 19.4 Å². The lowest BCUT2D eigenvalue weighted by atomic mass is 9.90. The number of aromatic amines is 1. The summed E-state index contributed by atoms with van der Waals surface area (Å²) in [6, 6.07) is 9.46. The molecule has 1 fully saturated rings. The molecule has 0 radical (unpaired) electrons. The van der Waals surface area contributed by atoms with Gasteiger partial charge in [0, 0.05) is 43.0 Å². The van der Waals surface area contributed by atoms with Gasteiger partial charge in [-0.1, -0.05) is 47.7 Å². The van der Waals surface area contributed by atoms with E-state index in [1.54, 1.807) is 0 Å². The van der Waals surface area contributed by atoms with Gasteiger partial charge in [-0.25, -0.2) is 9.78 Å². The Labute approximate surface area is 240 Å². The van der Waals surface area contributed by atoms with Crippen LogP contribution in [-0.2, 0) is 9.47 Å². The second kappa shape index (κ2) is 12.3. The van der Waals surface area contributed by atoms with E-state index in [-0.39, 0.29) is 18.2 Å². The number of H-pyrrole nitrogens is 1. The molecule has 4 rings (SSSR count). The number of rotatable bonds is 9. The fraction of sp³-hybridized carbons (Fsp3) is 0.571. The van der Waals surface area contributed by atoms with E-state index in [9.17, 15) is 4.79 Å². The zero-order valence-electron chi connectivity index (χ0n) is 23.9. The van der Waals surface area contributed by atoms with E-state index in [0.717, 1.165) is 59.5 Å². The molecule has 2 aromatic heterocycles. The zero-order valence-corrected chi connectivity index (χ0v) is 26.5. The molecule has 1 amide bonds. The highest BCUT2D eigenvalue weighted by molar-refractivity contribution is 9.10. The van der Waals surface area contributed by atoms with Gasteiger partial charge in [-0.15, -0.1) is 0 Å². The number of hydrogen-bond donors (Lipinski definition) is 2. The van der Waals surface area contributed by atoms with Crippen molar-refractivity contribution in [1.29, 1.82) is 0 Å². The van der Waals surface area contributed by atoms with Gasteiger partial charge >= 0.3 is 6.09 Å². The van der Waals surface area contributed by atoms with Crippen LogP contribution in [0, 0.1) is 0 Å². The van der Waals surface area contributed by atoms with Crippen LogP contribution >= 0.6 is 15.9 Å². The summed E-state index contributed by atoms with van der Waals surface area (Å²) >= 11 is 3.54. The van der Waals surface area contributed by atoms with Gasteiger partial charge in [0.15, 0.2) is 5.65 Å². The van der Waals surface area contributed by atoms with Gasteiger partial charge in [0.25, 0.3) is 0 Å². The first kappa shape index (κ1) is 29.5. The maximum Gasteiger partial charge on any atom is 0.407 e. The average Bonchev–Trinajstić information content (AvgIpc) is 3.26. The molecule has 1 saturated carbocycles. The molecule has 0 saturated heterocycles. The normalized spacial score (nSPS) is 18.2. The second-order valence-corrected chi connectivity index (χ2v) is 19.0. The molecular formula is C28H41BrN6O3Si. The Morgan fingerprint density at radius 1 is 1.21 bits per heavy atom. The molecule has 1 aromatic carbocycles. The van der Waals surface area contributed by atoms with Crippen LogP contribution in [-0.4, -0.2) is 65.4 Å². The van der Waals surface area contributed by atoms with Crippen molar-refractivity contribution in [3.8, 4) is 11.3 Å². The van der Waals surface area contributed by atoms with Gasteiger partial charge in [0.1, 0.15) is 12.3 Å². The van der Waals surface area contributed by atoms with Crippen molar-refractivity contribution in [3.63, 3.8) is 0 Å². The van der Waals surface area contributed by atoms with Gasteiger partial charge in [0.2, 0.25) is 5.95 Å². The summed E-state index contributed by atoms with van der Waals surface area (Å²) in [4.78, 5) is 24.1. The number of anilines is 1. The Hall–Kier alpha value is -2.50. The summed E-state index contributed by atoms with van der Waals surface area (Å²) in [6.45, 7) is 13.8. The van der Waals surface area contributed by atoms with Crippen molar-refractivity contribution in [2.45, 2.75) is 89.8 Å². The molecule has 0 bridgehead atoms. The second-order valence-electron chi connectivity index (χ2n) is 12.5. The molecule has 0 spiro atoms. The van der Waals surface area contributed by atoms with Crippen LogP contribution in [0.15, 0.2) is 34.9 Å². The number of aromatic nitrogens is 4. The lowest BCUT2D eigenvalue weighted by molar-refractivity contribution is 0.0488. The quantitative estimate of drug-likeness (QED) is 0.156. The van der Waals surface area contributed by atoms with Crippen LogP contribution in [0.1, 0.15) is 46.5 Å². The van der Waals surface area contributed by atoms with Crippen LogP contribution < -0.4 is 10.2 Å². The van der Waals surface area contributed by atoms with Crippen LogP contribution in [0.5, 0.6) is 0 Å². The van der Waals surface area contributed by atoms with Crippen LogP contribution in [0.4, 0.5) is 10.7 Å². The number of halogens is 1. The van der Waals surface area contributed by atoms with E-state index < -0.39 is 13.7 Å². The number of ether oxygens (including phenoxy) is 2. The summed E-state index contributed by atoms with van der Waals surface area (Å²) in [6.07, 6.45) is 4.99. The minimum absolute atomic E-state index is 0.0910. The largest absolute Gasteiger partial charge is 0.444 e. The smallest absolute Gasteiger partial charge is 0.407 e. The van der Waals surface area contributed by atoms with Crippen LogP contribution in [0.25, 0.3) is 22.3 Å². The number of amides is 1. The van der Waals surface area contributed by atoms with E-state index in [0.29, 0.717) is 18.3 Å². The number of nitrogens with one attached hydrogen (secondary N) is 2. The van der Waals surface area contributed by atoms with E-state index in [1.807, 2.05) is 51.2 Å². The Balaban J connectivity index is 1.49. The number of carbonyl (C=O) groups excluding carboxylic acids is 1. The molecule has 2 heterocycles. The van der Waals surface area contributed by atoms with Gasteiger partial charge in [-0.2, -0.15) is 10.1 Å². The monoisotopic (exact) mass is 616 g/mol. The maximum atomic E-state index is 12.3. The molecule has 0 atom stereocenters. The van der Waals surface area contributed by atoms with Crippen LogP contribution in [0.3, 0.4) is 0 Å². The molecule has 0 aliphatic heterocycles. The molecular weight excluding hydrogens is 576 g/mol. The fourth-order valence-corrected chi connectivity index (χ4v) is 5.83. The topological polar surface area (TPSA) is 105 Å². The number of nitrogens with zero attached hydrogens (tertiary/aromatic N) is 4. The first-order valence-electron chi connectivity index (χ1n) is 13.7. The third-order valence-corrected chi connectivity index (χ3v) is 8.95. The van der Waals surface area contributed by atoms with Crippen LogP contribution in [0.2, 0.25) is 25.7 Å². The number of benzene rings is 1. The van der Waals surface area contributed by atoms with E-state index >= 15 is 0 Å². The number of fused-ring (bicyclic) bond motifs is 1. The van der Waals surface area contributed by atoms with Gasteiger partial charge in [0.05, 0.1) is 11.1 Å². The van der Waals surface area contributed by atoms with E-state index in [2.05, 4.69) is 56.0 Å². The molecule has 11 heteroatoms. The summed E-state index contributed by atoms with van der Waals surface area (Å²) in [5.41, 5.74) is 2.03. The minimum Gasteiger partial charge on any atom is -0.444 e. The molecule has 9 nitrogen and oxygen atoms in total. The molecule has 212 valence electrons. The zero-order chi connectivity index (χ0) is 28.2. The predicted molar refractivity (Wildman–Crippen MR) is 162 cm³/mol. The fourth-order valence-electron chi connectivity index (χ4n) is 4.67. The standard InChI is InChI=1S/C28H41BrN6O3Si/c1-28(2,3)38-27(36)31-21-10-12-22(13-11-21)35(18-37-14-15-39(4,5)6)26-30-17-23-24(33-34-25(23)32-26)19-8-7-9-20(29)16-19/h7-9,16-17,21-22H,10-15,18H2,1-6H3,(H,31,36)(H,30,32,33,34). The third-order valence-electron chi connectivity index (χ3n) is 6.75. The summed E-state index contributed by atoms with van der Waals surface area (Å²) < 4.78 is 12.6. The van der Waals surface area contributed by atoms with Crippen molar-refractivity contribution in [1.82, 2.24) is 25.5 Å². The van der Waals surface area contributed by atoms with Crippen molar-refractivity contribution in [2.75, 3.05) is 18.2 Å². The van der Waals surface area contributed by atoms with E-state index in [1.165, 1.54) is 0 Å². The maximum absolute atomic E-state index is 12.3. The minimum atomic E-state index is -1.20. The molecule has 1 aliphatic rings. The lowest BCUT2D eigenvalue weighted by Crippen LogP contribution is -2.46. The van der Waals surface area contributed by atoms with Crippen molar-refractivity contribution in [2.24, 2.45) is 0 Å². The summed E-state index contributed by atoms with van der Waals surface area (Å²) in [5.74, 6) is 0.617. The first-order chi connectivity index (χ1) is 18.4. The average molecular weight is 618 g/mol. The summed E-state index contributed by atoms with van der Waals surface area (Å²) in [5, 5.41) is 11.6. The highest BCUT2D eigenvalue weighted by atomic mass is 79.9. The molecule has 3 aromatic rings. The number of carbonyl (C=O) groups is 1. The van der Waals surface area contributed by atoms with Crippen molar-refractivity contribution < 1.29 is 14.3 Å². The highest BCUT2D eigenvalue weighted by Crippen LogP contribution is 2.30. The highest BCUT2D eigenvalue weighted by Gasteiger charge is 2.30. The number of hydrogen-bond acceptors (Lipinski definition) is 7. The Morgan fingerprint density at radius 3 is 2.62 bits per heavy atom. The summed E-state index contributed by atoms with van der Waals surface area (Å²) in [7, 11) is -1.20. The van der Waals surface area contributed by atoms with Gasteiger partial charge in [-0.3, -0.25) is 5.10 Å². The molecule has 2 N–H and O–H groups in total. The predicted octanol–water partition coefficient (Wildman–Crippen LogP) is 6.74. The Bertz CT molecular complexity index is 1260. The third kappa shape index (κ3) is 8.49. The van der Waals surface area contributed by atoms with Crippen molar-refractivity contribution in [3.05, 3.63) is 34.9 Å². The lowest BCUT2D eigenvalue weighted by Gasteiger charge is -2.37. The Kier molecular flexibility index (Phi) is 9.33. The van der Waals surface area contributed by atoms with Gasteiger partial charge in [-0.05, 0) is 64.6 Å². The SMILES string of the molecule is CC(C)(C)OC(=O)NC1CCC(N(COCC[Si](C)(C)C)c2ncc3c(-c4cccc(Br)c4)[nH]nc3n2)CC1. The Morgan fingerprint density at radius 2 is 1.95 bits per heavy atom. The van der Waals surface area contributed by atoms with Gasteiger partial charge < -0.3 is 19.7 Å². The first-order valence-corrected chi connectivity index (χ1v) is 18.2. The molecule has 39 heavy (non-hydrogen) atoms. The number of alkyl carbamates (subject to hydrolysis) is 1. The molecule has 1 aliphatic carbocycles.